The number of aliphatic hydroxyl groups is 2. The number of ketones is 2. The molecule has 2 unspecified atom stereocenters. The quantitative estimate of drug-likeness (QED) is 0.104. The molecule has 0 radical (unpaired) electrons. The zero-order valence-corrected chi connectivity index (χ0v) is 35.8. The molecule has 2 fully saturated rings. The van der Waals surface area contributed by atoms with Crippen LogP contribution in [0.5, 0.6) is 0 Å². The second kappa shape index (κ2) is 20.2. The standard InChI is InChI=1S/2C24H28F3NO3.CH4/c2*1-16-11-19(13-21(12-16)24(25,26)27)17(2)31-15-22(20-7-5-4-6-8-20)9-10-23(30,14-28-22)18(3)29;/h2*4-8,11-13,17,28,30H,9-10,14-15H2,1-3H3;1H4/t2*17-,22-,23?;/m11./s1. The summed E-state index contributed by atoms with van der Waals surface area (Å²) in [5, 5.41) is 27.7. The highest BCUT2D eigenvalue weighted by Crippen LogP contribution is 2.39. The molecule has 0 bridgehead atoms. The zero-order chi connectivity index (χ0) is 45.7. The molecule has 4 aromatic rings. The Hall–Kier alpha value is -4.44. The zero-order valence-electron chi connectivity index (χ0n) is 35.8. The summed E-state index contributed by atoms with van der Waals surface area (Å²) in [7, 11) is 0. The lowest BCUT2D eigenvalue weighted by Gasteiger charge is -2.44. The second-order valence-corrected chi connectivity index (χ2v) is 16.9. The number of benzene rings is 4. The minimum absolute atomic E-state index is 0. The van der Waals surface area contributed by atoms with Crippen molar-refractivity contribution in [1.29, 1.82) is 0 Å². The first-order valence-electron chi connectivity index (χ1n) is 20.6. The largest absolute Gasteiger partial charge is 0.416 e. The van der Waals surface area contributed by atoms with Crippen molar-refractivity contribution in [1.82, 2.24) is 10.6 Å². The lowest BCUT2D eigenvalue weighted by Crippen LogP contribution is -2.60. The van der Waals surface area contributed by atoms with Gasteiger partial charge >= 0.3 is 12.4 Å². The SMILES string of the molecule is C.CC(=O)C1(O)CC[C@@](CO[C@H](C)c2cc(C)cc(C(F)(F)F)c2)(c2ccccc2)NC1.CC(=O)C1(O)CC[C@@](CO[C@H](C)c2cc(C)cc(C(F)(F)F)c2)(c2ccccc2)NC1. The number of Topliss-reactive ketones (excluding diaryl/α,β-unsaturated/α-hetero) is 2. The van der Waals surface area contributed by atoms with Crippen LogP contribution in [0.1, 0.15) is 118 Å². The van der Waals surface area contributed by atoms with E-state index in [1.807, 2.05) is 60.7 Å². The van der Waals surface area contributed by atoms with E-state index in [2.05, 4.69) is 10.6 Å². The van der Waals surface area contributed by atoms with Crippen molar-refractivity contribution >= 4 is 11.6 Å². The van der Waals surface area contributed by atoms with Gasteiger partial charge in [-0.05, 0) is 114 Å². The maximum absolute atomic E-state index is 13.2. The first-order valence-corrected chi connectivity index (χ1v) is 20.6. The monoisotopic (exact) mass is 886 g/mol. The number of carbonyl (C=O) groups is 2. The van der Waals surface area contributed by atoms with Crippen LogP contribution in [-0.4, -0.2) is 59.3 Å². The summed E-state index contributed by atoms with van der Waals surface area (Å²) >= 11 is 0. The number of hydrogen-bond acceptors (Lipinski definition) is 8. The molecule has 2 aliphatic rings. The molecule has 6 rings (SSSR count). The van der Waals surface area contributed by atoms with Gasteiger partial charge in [0.25, 0.3) is 0 Å². The summed E-state index contributed by atoms with van der Waals surface area (Å²) < 4.78 is 91.4. The number of piperidine rings is 2. The van der Waals surface area contributed by atoms with Crippen molar-refractivity contribution in [3.05, 3.63) is 142 Å². The van der Waals surface area contributed by atoms with Crippen molar-refractivity contribution in [2.45, 2.75) is 121 Å². The molecular formula is C49H60F6N2O6. The van der Waals surface area contributed by atoms with Crippen molar-refractivity contribution in [3.63, 3.8) is 0 Å². The van der Waals surface area contributed by atoms with Crippen LogP contribution >= 0.6 is 0 Å². The van der Waals surface area contributed by atoms with Crippen LogP contribution in [0.25, 0.3) is 0 Å². The van der Waals surface area contributed by atoms with Gasteiger partial charge in [0, 0.05) is 13.1 Å². The van der Waals surface area contributed by atoms with Crippen molar-refractivity contribution in [3.8, 4) is 0 Å². The van der Waals surface area contributed by atoms with Gasteiger partial charge in [-0.1, -0.05) is 91.3 Å². The van der Waals surface area contributed by atoms with Crippen LogP contribution in [0.4, 0.5) is 26.3 Å². The molecule has 344 valence electrons. The first-order chi connectivity index (χ1) is 28.9. The Labute approximate surface area is 366 Å². The molecule has 6 atom stereocenters. The van der Waals surface area contributed by atoms with Gasteiger partial charge in [0.1, 0.15) is 11.2 Å². The lowest BCUT2D eigenvalue weighted by molar-refractivity contribution is -0.140. The Bertz CT molecular complexity index is 1990. The van der Waals surface area contributed by atoms with Crippen LogP contribution in [0.2, 0.25) is 0 Å². The molecule has 0 aromatic heterocycles. The highest BCUT2D eigenvalue weighted by atomic mass is 19.4. The van der Waals surface area contributed by atoms with Crippen LogP contribution in [0, 0.1) is 13.8 Å². The number of alkyl halides is 6. The third kappa shape index (κ3) is 12.4. The van der Waals surface area contributed by atoms with E-state index in [4.69, 9.17) is 9.47 Å². The minimum atomic E-state index is -4.42. The number of β-amino-alcohol motifs (C(OH)–C–C–N with tert-alkyl or cyclic N) is 2. The molecule has 0 saturated carbocycles. The van der Waals surface area contributed by atoms with Gasteiger partial charge in [0.05, 0.1) is 47.6 Å². The van der Waals surface area contributed by atoms with E-state index in [1.165, 1.54) is 13.8 Å². The van der Waals surface area contributed by atoms with Crippen molar-refractivity contribution in [2.24, 2.45) is 0 Å². The van der Waals surface area contributed by atoms with Gasteiger partial charge in [0.2, 0.25) is 0 Å². The third-order valence-electron chi connectivity index (χ3n) is 12.3. The fourth-order valence-corrected chi connectivity index (χ4v) is 8.00. The molecule has 0 amide bonds. The number of ether oxygens (including phenoxy) is 2. The topological polar surface area (TPSA) is 117 Å². The van der Waals surface area contributed by atoms with Gasteiger partial charge in [-0.2, -0.15) is 26.3 Å². The molecule has 8 nitrogen and oxygen atoms in total. The summed E-state index contributed by atoms with van der Waals surface area (Å²) in [4.78, 5) is 23.7. The van der Waals surface area contributed by atoms with Gasteiger partial charge in [-0.25, -0.2) is 0 Å². The normalized spacial score (nSPS) is 24.9. The molecule has 2 heterocycles. The minimum Gasteiger partial charge on any atom is -0.381 e. The molecule has 14 heteroatoms. The molecule has 0 spiro atoms. The molecule has 0 aliphatic carbocycles. The lowest BCUT2D eigenvalue weighted by atomic mass is 9.76. The van der Waals surface area contributed by atoms with E-state index in [9.17, 15) is 46.1 Å². The average molecular weight is 887 g/mol. The fraction of sp³-hybridized carbons (Fsp3) is 0.469. The first kappa shape index (κ1) is 51.2. The van der Waals surface area contributed by atoms with E-state index in [0.29, 0.717) is 35.1 Å². The van der Waals surface area contributed by atoms with E-state index >= 15 is 0 Å². The predicted molar refractivity (Wildman–Crippen MR) is 230 cm³/mol. The maximum atomic E-state index is 13.2. The van der Waals surface area contributed by atoms with Crippen molar-refractivity contribution in [2.75, 3.05) is 26.3 Å². The Morgan fingerprint density at radius 1 is 0.603 bits per heavy atom. The summed E-state index contributed by atoms with van der Waals surface area (Å²) in [6.45, 7) is 9.96. The van der Waals surface area contributed by atoms with Crippen LogP contribution in [0.15, 0.2) is 97.1 Å². The summed E-state index contributed by atoms with van der Waals surface area (Å²) in [5.74, 6) is -0.592. The smallest absolute Gasteiger partial charge is 0.381 e. The number of rotatable bonds is 12. The van der Waals surface area contributed by atoms with Crippen LogP contribution in [-0.2, 0) is 42.5 Å². The molecule has 4 N–H and O–H groups in total. The Kier molecular flexibility index (Phi) is 16.4. The van der Waals surface area contributed by atoms with E-state index < -0.39 is 58.0 Å². The van der Waals surface area contributed by atoms with Gasteiger partial charge in [-0.3, -0.25) is 9.59 Å². The van der Waals surface area contributed by atoms with E-state index in [1.54, 1.807) is 39.8 Å². The van der Waals surface area contributed by atoms with Gasteiger partial charge in [0.15, 0.2) is 11.6 Å². The summed E-state index contributed by atoms with van der Waals surface area (Å²) in [6.07, 6.45) is -8.56. The highest BCUT2D eigenvalue weighted by Gasteiger charge is 2.47. The van der Waals surface area contributed by atoms with Gasteiger partial charge in [-0.15, -0.1) is 0 Å². The molecule has 2 aliphatic heterocycles. The summed E-state index contributed by atoms with van der Waals surface area (Å²) in [6, 6.07) is 27.0. The number of aryl methyl sites for hydroxylation is 2. The maximum Gasteiger partial charge on any atom is 0.416 e. The summed E-state index contributed by atoms with van der Waals surface area (Å²) in [5.41, 5.74) is -1.76. The number of carbonyl (C=O) groups excluding carboxylic acids is 2. The Morgan fingerprint density at radius 2 is 0.937 bits per heavy atom. The fourth-order valence-electron chi connectivity index (χ4n) is 8.00. The third-order valence-corrected chi connectivity index (χ3v) is 12.3. The number of halogens is 6. The molecule has 63 heavy (non-hydrogen) atoms. The predicted octanol–water partition coefficient (Wildman–Crippen LogP) is 10.0. The molecular weight excluding hydrogens is 827 g/mol. The Balaban J connectivity index is 0.000000272. The molecule has 2 saturated heterocycles. The van der Waals surface area contributed by atoms with Crippen LogP contribution in [0.3, 0.4) is 0 Å². The second-order valence-electron chi connectivity index (χ2n) is 16.9. The molecule has 4 aromatic carbocycles. The highest BCUT2D eigenvalue weighted by molar-refractivity contribution is 5.85. The van der Waals surface area contributed by atoms with E-state index in [-0.39, 0.29) is 58.1 Å². The van der Waals surface area contributed by atoms with Crippen LogP contribution < -0.4 is 10.6 Å². The van der Waals surface area contributed by atoms with E-state index in [0.717, 1.165) is 35.4 Å². The van der Waals surface area contributed by atoms with Gasteiger partial charge < -0.3 is 30.3 Å². The number of nitrogens with one attached hydrogen (secondary N) is 2. The average Bonchev–Trinajstić information content (AvgIpc) is 3.23. The van der Waals surface area contributed by atoms with Crippen molar-refractivity contribution < 1.29 is 55.6 Å². The number of hydrogen-bond donors (Lipinski definition) is 4. The Morgan fingerprint density at radius 3 is 1.21 bits per heavy atom.